The Balaban J connectivity index is 0.00000338. The Hall–Kier alpha value is -0.824. The zero-order valence-corrected chi connectivity index (χ0v) is 18.1. The van der Waals surface area contributed by atoms with Gasteiger partial charge in [0.05, 0.1) is 0 Å². The van der Waals surface area contributed by atoms with Gasteiger partial charge in [-0.2, -0.15) is 0 Å². The van der Waals surface area contributed by atoms with Crippen molar-refractivity contribution >= 4 is 51.7 Å². The summed E-state index contributed by atoms with van der Waals surface area (Å²) in [6.45, 7) is 2.20. The number of aromatic nitrogens is 2. The van der Waals surface area contributed by atoms with Crippen molar-refractivity contribution in [3.05, 3.63) is 41.6 Å². The van der Waals surface area contributed by atoms with Crippen LogP contribution in [0.2, 0.25) is 5.15 Å². The Kier molecular flexibility index (Phi) is 11.9. The molecule has 0 amide bonds. The molecule has 26 heavy (non-hydrogen) atoms. The highest BCUT2D eigenvalue weighted by Crippen LogP contribution is 2.30. The zero-order valence-electron chi connectivity index (χ0n) is 15.1. The molecule has 0 N–H and O–H groups in total. The highest BCUT2D eigenvalue weighted by Gasteiger charge is 2.14. The first-order chi connectivity index (χ1) is 12.2. The number of ether oxygens (including phenoxy) is 1. The van der Waals surface area contributed by atoms with Crippen LogP contribution < -0.4 is 4.74 Å². The number of carbonyl (C=O) groups is 1. The molecule has 0 aliphatic carbocycles. The third-order valence-corrected chi connectivity index (χ3v) is 4.68. The van der Waals surface area contributed by atoms with E-state index in [1.807, 2.05) is 30.3 Å². The van der Waals surface area contributed by atoms with E-state index in [2.05, 4.69) is 17.1 Å². The van der Waals surface area contributed by atoms with E-state index in [1.54, 1.807) is 0 Å². The minimum absolute atomic E-state index is 0. The second-order valence-corrected chi connectivity index (χ2v) is 7.13. The van der Waals surface area contributed by atoms with E-state index in [9.17, 15) is 4.79 Å². The Bertz CT molecular complexity index is 674. The number of benzene rings is 1. The van der Waals surface area contributed by atoms with E-state index < -0.39 is 0 Å². The first kappa shape index (κ1) is 23.2. The lowest BCUT2D eigenvalue weighted by Crippen LogP contribution is -2.04. The summed E-state index contributed by atoms with van der Waals surface area (Å²) in [4.78, 5) is 12.1. The van der Waals surface area contributed by atoms with Gasteiger partial charge in [0.2, 0.25) is 0 Å². The number of unbranched alkanes of at least 4 members (excludes halogenated alkanes) is 5. The van der Waals surface area contributed by atoms with Gasteiger partial charge in [-0.3, -0.25) is 0 Å². The van der Waals surface area contributed by atoms with Gasteiger partial charge in [-0.05, 0) is 18.2 Å². The molecule has 2 aromatic rings. The van der Waals surface area contributed by atoms with Crippen molar-refractivity contribution in [1.29, 1.82) is 0 Å². The molecule has 0 fully saturated rings. The number of hydrogen-bond donors (Lipinski definition) is 0. The normalized spacial score (nSPS) is 10.2. The number of halogens is 1. The average molecular weight is 403 g/mol. The summed E-state index contributed by atoms with van der Waals surface area (Å²) >= 11 is 7.10. The standard InChI is InChI=1S/C19H23ClN2O2S.Mg/c1-2-3-4-5-6-10-13-25-19(23)24-16-14-17(20)21-22-18(16)15-11-8-7-9-12-15;/h7-9,11-12,14H,2-6,10,13H2,1H3;. The van der Waals surface area contributed by atoms with Gasteiger partial charge in [-0.25, -0.2) is 4.79 Å². The van der Waals surface area contributed by atoms with E-state index in [1.165, 1.54) is 43.5 Å². The SMILES string of the molecule is CCCCCCCCSC(=O)Oc1cc(Cl)nnc1-c1ccccc1.[Mg]. The van der Waals surface area contributed by atoms with Crippen molar-refractivity contribution in [2.75, 3.05) is 5.75 Å². The number of carbonyl (C=O) groups excluding carboxylic acids is 1. The van der Waals surface area contributed by atoms with E-state index in [0.717, 1.165) is 24.2 Å². The lowest BCUT2D eigenvalue weighted by Gasteiger charge is -2.09. The highest BCUT2D eigenvalue weighted by atomic mass is 35.5. The van der Waals surface area contributed by atoms with Gasteiger partial charge in [0, 0.05) is 40.4 Å². The molecule has 136 valence electrons. The molecule has 0 aliphatic heterocycles. The van der Waals surface area contributed by atoms with Gasteiger partial charge in [0.1, 0.15) is 5.69 Å². The van der Waals surface area contributed by atoms with E-state index in [0.29, 0.717) is 11.4 Å². The smallest absolute Gasteiger partial charge is 0.372 e. The molecule has 0 saturated heterocycles. The maximum atomic E-state index is 12.1. The number of hydrogen-bond acceptors (Lipinski definition) is 5. The highest BCUT2D eigenvalue weighted by molar-refractivity contribution is 8.13. The molecule has 7 heteroatoms. The van der Waals surface area contributed by atoms with Crippen LogP contribution in [0.1, 0.15) is 45.4 Å². The monoisotopic (exact) mass is 402 g/mol. The van der Waals surface area contributed by atoms with Crippen LogP contribution in [0.5, 0.6) is 5.75 Å². The molecule has 1 aromatic carbocycles. The van der Waals surface area contributed by atoms with Crippen molar-refractivity contribution in [3.63, 3.8) is 0 Å². The number of thioether (sulfide) groups is 1. The third kappa shape index (κ3) is 8.25. The van der Waals surface area contributed by atoms with Gasteiger partial charge >= 0.3 is 5.30 Å². The van der Waals surface area contributed by atoms with Gasteiger partial charge in [0.15, 0.2) is 10.9 Å². The summed E-state index contributed by atoms with van der Waals surface area (Å²) < 4.78 is 5.46. The van der Waals surface area contributed by atoms with Gasteiger partial charge in [-0.1, -0.05) is 81.0 Å². The molecule has 2 radical (unpaired) electrons. The molecular weight excluding hydrogens is 380 g/mol. The first-order valence-electron chi connectivity index (χ1n) is 8.64. The molecule has 0 spiro atoms. The Morgan fingerprint density at radius 1 is 1.08 bits per heavy atom. The largest absolute Gasteiger partial charge is 0.416 e. The van der Waals surface area contributed by atoms with Crippen LogP contribution in [-0.4, -0.2) is 44.3 Å². The minimum Gasteiger partial charge on any atom is -0.416 e. The van der Waals surface area contributed by atoms with Crippen LogP contribution in [0.25, 0.3) is 11.3 Å². The molecule has 0 saturated carbocycles. The van der Waals surface area contributed by atoms with Crippen molar-refractivity contribution in [3.8, 4) is 17.0 Å². The van der Waals surface area contributed by atoms with Crippen LogP contribution in [0.15, 0.2) is 36.4 Å². The lowest BCUT2D eigenvalue weighted by molar-refractivity contribution is 0.227. The summed E-state index contributed by atoms with van der Waals surface area (Å²) in [5, 5.41) is 7.78. The topological polar surface area (TPSA) is 52.1 Å². The Morgan fingerprint density at radius 2 is 1.77 bits per heavy atom. The summed E-state index contributed by atoms with van der Waals surface area (Å²) in [6, 6.07) is 11.0. The van der Waals surface area contributed by atoms with Crippen molar-refractivity contribution < 1.29 is 9.53 Å². The maximum Gasteiger partial charge on any atom is 0.372 e. The molecule has 0 unspecified atom stereocenters. The second-order valence-electron chi connectivity index (χ2n) is 5.71. The summed E-state index contributed by atoms with van der Waals surface area (Å²) in [7, 11) is 0. The first-order valence-corrected chi connectivity index (χ1v) is 10.0. The lowest BCUT2D eigenvalue weighted by atomic mass is 10.1. The maximum absolute atomic E-state index is 12.1. The molecule has 0 atom stereocenters. The predicted octanol–water partition coefficient (Wildman–Crippen LogP) is 6.01. The number of nitrogens with zero attached hydrogens (tertiary/aromatic N) is 2. The van der Waals surface area contributed by atoms with E-state index in [-0.39, 0.29) is 33.5 Å². The van der Waals surface area contributed by atoms with Crippen LogP contribution in [0, 0.1) is 0 Å². The van der Waals surface area contributed by atoms with Crippen molar-refractivity contribution in [2.24, 2.45) is 0 Å². The van der Waals surface area contributed by atoms with Crippen LogP contribution in [0.4, 0.5) is 4.79 Å². The van der Waals surface area contributed by atoms with Crippen LogP contribution >= 0.6 is 23.4 Å². The summed E-state index contributed by atoms with van der Waals surface area (Å²) in [5.41, 5.74) is 1.34. The molecule has 1 aromatic heterocycles. The zero-order chi connectivity index (χ0) is 17.9. The fraction of sp³-hybridized carbons (Fsp3) is 0.421. The molecule has 0 aliphatic rings. The summed E-state index contributed by atoms with van der Waals surface area (Å²) in [6.07, 6.45) is 7.20. The third-order valence-electron chi connectivity index (χ3n) is 3.69. The van der Waals surface area contributed by atoms with Crippen molar-refractivity contribution in [1.82, 2.24) is 10.2 Å². The summed E-state index contributed by atoms with van der Waals surface area (Å²) in [5.74, 6) is 1.10. The second kappa shape index (κ2) is 13.4. The predicted molar refractivity (Wildman–Crippen MR) is 110 cm³/mol. The van der Waals surface area contributed by atoms with Crippen LogP contribution in [0.3, 0.4) is 0 Å². The fourth-order valence-corrected chi connectivity index (χ4v) is 3.18. The number of rotatable bonds is 9. The van der Waals surface area contributed by atoms with Crippen LogP contribution in [-0.2, 0) is 0 Å². The Morgan fingerprint density at radius 3 is 2.50 bits per heavy atom. The minimum atomic E-state index is -0.338. The van der Waals surface area contributed by atoms with E-state index in [4.69, 9.17) is 16.3 Å². The van der Waals surface area contributed by atoms with Gasteiger partial charge in [-0.15, -0.1) is 10.2 Å². The van der Waals surface area contributed by atoms with Gasteiger partial charge < -0.3 is 4.74 Å². The van der Waals surface area contributed by atoms with Gasteiger partial charge in [0.25, 0.3) is 0 Å². The molecule has 0 bridgehead atoms. The molecule has 4 nitrogen and oxygen atoms in total. The molecule has 2 rings (SSSR count). The fourth-order valence-electron chi connectivity index (χ4n) is 2.38. The molecule has 1 heterocycles. The van der Waals surface area contributed by atoms with E-state index >= 15 is 0 Å². The molecular formula is C19H23ClMgN2O2S. The average Bonchev–Trinajstić information content (AvgIpc) is 2.62. The quantitative estimate of drug-likeness (QED) is 0.292. The van der Waals surface area contributed by atoms with Crippen molar-refractivity contribution in [2.45, 2.75) is 45.4 Å². The Labute approximate surface area is 180 Å².